The van der Waals surface area contributed by atoms with E-state index < -0.39 is 5.60 Å². The normalized spacial score (nSPS) is 25.8. The number of benzene rings is 1. The maximum atomic E-state index is 12.9. The summed E-state index contributed by atoms with van der Waals surface area (Å²) in [5, 5.41) is 3.42. The predicted octanol–water partition coefficient (Wildman–Crippen LogP) is 2.67. The highest BCUT2D eigenvalue weighted by molar-refractivity contribution is 5.82. The molecule has 0 saturated carbocycles. The molecule has 152 valence electrons. The van der Waals surface area contributed by atoms with Crippen LogP contribution in [0.5, 0.6) is 0 Å². The molecule has 1 N–H and O–H groups in total. The molecule has 2 saturated heterocycles. The summed E-state index contributed by atoms with van der Waals surface area (Å²) in [6.07, 6.45) is 6.41. The molecule has 3 aliphatic rings. The van der Waals surface area contributed by atoms with Crippen molar-refractivity contribution in [3.8, 4) is 11.4 Å². The second-order valence-corrected chi connectivity index (χ2v) is 8.55. The van der Waals surface area contributed by atoms with Gasteiger partial charge >= 0.3 is 0 Å². The van der Waals surface area contributed by atoms with Crippen molar-refractivity contribution in [3.05, 3.63) is 47.8 Å². The molecule has 6 nitrogen and oxygen atoms in total. The third-order valence-electron chi connectivity index (χ3n) is 6.63. The molecule has 1 amide bonds. The monoisotopic (exact) mass is 392 g/mol. The van der Waals surface area contributed by atoms with Crippen LogP contribution >= 0.6 is 0 Å². The zero-order valence-corrected chi connectivity index (χ0v) is 16.9. The van der Waals surface area contributed by atoms with Crippen LogP contribution in [0.2, 0.25) is 0 Å². The molecule has 1 spiro atoms. The Labute approximate surface area is 171 Å². The van der Waals surface area contributed by atoms with E-state index in [2.05, 4.69) is 17.2 Å². The number of fused-ring (bicyclic) bond motifs is 2. The molecule has 0 aliphatic carbocycles. The van der Waals surface area contributed by atoms with E-state index in [0.717, 1.165) is 62.3 Å². The van der Waals surface area contributed by atoms with Crippen LogP contribution in [0.1, 0.15) is 43.9 Å². The standard InChI is InChI=1S/C23H28N4O2/c1-16-7-8-19(25-16)22(28)27-12-10-23(11-13-27)20-18(9-14-29-23)15-24-21(26-20)17-5-3-2-4-6-17/h2-6,15-16,19,25H,7-14H2,1H3/t16-,19-/m0/s1. The summed E-state index contributed by atoms with van der Waals surface area (Å²) in [6.45, 7) is 4.27. The number of aromatic nitrogens is 2. The molecule has 1 aromatic carbocycles. The summed E-state index contributed by atoms with van der Waals surface area (Å²) in [6, 6.07) is 10.5. The Morgan fingerprint density at radius 1 is 1.21 bits per heavy atom. The Hall–Kier alpha value is -2.31. The largest absolute Gasteiger partial charge is 0.368 e. The second kappa shape index (κ2) is 7.50. The summed E-state index contributed by atoms with van der Waals surface area (Å²) in [5.74, 6) is 0.991. The van der Waals surface area contributed by atoms with Gasteiger partial charge < -0.3 is 15.0 Å². The third-order valence-corrected chi connectivity index (χ3v) is 6.63. The number of rotatable bonds is 2. The van der Waals surface area contributed by atoms with Crippen molar-refractivity contribution in [1.82, 2.24) is 20.2 Å². The van der Waals surface area contributed by atoms with Crippen LogP contribution in [-0.4, -0.2) is 52.6 Å². The minimum absolute atomic E-state index is 0.0226. The average molecular weight is 393 g/mol. The molecule has 3 aliphatic heterocycles. The topological polar surface area (TPSA) is 67.4 Å². The van der Waals surface area contributed by atoms with Crippen LogP contribution < -0.4 is 5.32 Å². The molecule has 5 rings (SSSR count). The van der Waals surface area contributed by atoms with E-state index in [4.69, 9.17) is 9.72 Å². The van der Waals surface area contributed by atoms with Crippen LogP contribution in [0.4, 0.5) is 0 Å². The van der Waals surface area contributed by atoms with Crippen LogP contribution in [0, 0.1) is 0 Å². The van der Waals surface area contributed by atoms with Gasteiger partial charge in [0.15, 0.2) is 5.82 Å². The highest BCUT2D eigenvalue weighted by atomic mass is 16.5. The van der Waals surface area contributed by atoms with Gasteiger partial charge in [0, 0.05) is 30.9 Å². The fourth-order valence-corrected chi connectivity index (χ4v) is 4.95. The van der Waals surface area contributed by atoms with Gasteiger partial charge in [0.05, 0.1) is 18.3 Å². The van der Waals surface area contributed by atoms with E-state index in [-0.39, 0.29) is 11.9 Å². The molecule has 0 unspecified atom stereocenters. The van der Waals surface area contributed by atoms with Crippen molar-refractivity contribution >= 4 is 5.91 Å². The minimum Gasteiger partial charge on any atom is -0.368 e. The quantitative estimate of drug-likeness (QED) is 0.851. The zero-order valence-electron chi connectivity index (χ0n) is 16.9. The van der Waals surface area contributed by atoms with Crippen molar-refractivity contribution < 1.29 is 9.53 Å². The first kappa shape index (κ1) is 18.7. The van der Waals surface area contributed by atoms with E-state index in [1.807, 2.05) is 41.4 Å². The highest BCUT2D eigenvalue weighted by Gasteiger charge is 2.44. The first-order valence-corrected chi connectivity index (χ1v) is 10.8. The van der Waals surface area contributed by atoms with Gasteiger partial charge in [-0.2, -0.15) is 0 Å². The lowest BCUT2D eigenvalue weighted by Crippen LogP contribution is -2.52. The number of nitrogens with zero attached hydrogens (tertiary/aromatic N) is 3. The molecule has 29 heavy (non-hydrogen) atoms. The van der Waals surface area contributed by atoms with Crippen molar-refractivity contribution in [3.63, 3.8) is 0 Å². The summed E-state index contributed by atoms with van der Waals surface area (Å²) < 4.78 is 6.35. The smallest absolute Gasteiger partial charge is 0.239 e. The van der Waals surface area contributed by atoms with Gasteiger partial charge in [0.25, 0.3) is 0 Å². The molecule has 2 atom stereocenters. The summed E-state index contributed by atoms with van der Waals surface area (Å²) >= 11 is 0. The van der Waals surface area contributed by atoms with Crippen molar-refractivity contribution in [1.29, 1.82) is 0 Å². The number of piperidine rings is 1. The van der Waals surface area contributed by atoms with Gasteiger partial charge in [-0.05, 0) is 44.6 Å². The summed E-state index contributed by atoms with van der Waals surface area (Å²) in [4.78, 5) is 24.5. The number of nitrogens with one attached hydrogen (secondary N) is 1. The van der Waals surface area contributed by atoms with E-state index in [9.17, 15) is 4.79 Å². The zero-order chi connectivity index (χ0) is 19.8. The molecule has 0 radical (unpaired) electrons. The van der Waals surface area contributed by atoms with Gasteiger partial charge in [-0.3, -0.25) is 4.79 Å². The number of ether oxygens (including phenoxy) is 1. The molecule has 2 fully saturated rings. The maximum absolute atomic E-state index is 12.9. The molecule has 6 heteroatoms. The summed E-state index contributed by atoms with van der Waals surface area (Å²) in [5.41, 5.74) is 2.83. The fraction of sp³-hybridized carbons (Fsp3) is 0.522. The first-order chi connectivity index (χ1) is 14.1. The minimum atomic E-state index is -0.396. The average Bonchev–Trinajstić information content (AvgIpc) is 3.21. The molecular formula is C23H28N4O2. The highest BCUT2D eigenvalue weighted by Crippen LogP contribution is 2.41. The first-order valence-electron chi connectivity index (χ1n) is 10.8. The van der Waals surface area contributed by atoms with Crippen LogP contribution in [0.15, 0.2) is 36.5 Å². The van der Waals surface area contributed by atoms with Crippen molar-refractivity contribution in [2.24, 2.45) is 0 Å². The molecular weight excluding hydrogens is 364 g/mol. The fourth-order valence-electron chi connectivity index (χ4n) is 4.95. The van der Waals surface area contributed by atoms with Crippen molar-refractivity contribution in [2.45, 2.75) is 56.7 Å². The lowest BCUT2D eigenvalue weighted by atomic mass is 9.83. The molecule has 1 aromatic heterocycles. The van der Waals surface area contributed by atoms with Gasteiger partial charge in [0.1, 0.15) is 5.60 Å². The van der Waals surface area contributed by atoms with Gasteiger partial charge in [0.2, 0.25) is 5.91 Å². The maximum Gasteiger partial charge on any atom is 0.239 e. The third kappa shape index (κ3) is 3.45. The number of hydrogen-bond donors (Lipinski definition) is 1. The van der Waals surface area contributed by atoms with E-state index in [0.29, 0.717) is 12.6 Å². The van der Waals surface area contributed by atoms with E-state index in [1.165, 1.54) is 5.56 Å². The second-order valence-electron chi connectivity index (χ2n) is 8.55. The van der Waals surface area contributed by atoms with Gasteiger partial charge in [-0.25, -0.2) is 9.97 Å². The Morgan fingerprint density at radius 3 is 2.72 bits per heavy atom. The number of carbonyl (C=O) groups excluding carboxylic acids is 1. The molecule has 0 bridgehead atoms. The predicted molar refractivity (Wildman–Crippen MR) is 110 cm³/mol. The van der Waals surface area contributed by atoms with E-state index in [1.54, 1.807) is 0 Å². The molecule has 4 heterocycles. The van der Waals surface area contributed by atoms with Gasteiger partial charge in [-0.1, -0.05) is 30.3 Å². The van der Waals surface area contributed by atoms with E-state index >= 15 is 0 Å². The Morgan fingerprint density at radius 2 is 2.00 bits per heavy atom. The number of likely N-dealkylation sites (tertiary alicyclic amines) is 1. The van der Waals surface area contributed by atoms with Crippen LogP contribution in [0.25, 0.3) is 11.4 Å². The Bertz CT molecular complexity index is 893. The Balaban J connectivity index is 1.37. The lowest BCUT2D eigenvalue weighted by Gasteiger charge is -2.44. The van der Waals surface area contributed by atoms with Gasteiger partial charge in [-0.15, -0.1) is 0 Å². The van der Waals surface area contributed by atoms with Crippen molar-refractivity contribution in [2.75, 3.05) is 19.7 Å². The van der Waals surface area contributed by atoms with Crippen LogP contribution in [-0.2, 0) is 21.6 Å². The number of amides is 1. The Kier molecular flexibility index (Phi) is 4.84. The lowest BCUT2D eigenvalue weighted by molar-refractivity contribution is -0.143. The molecule has 2 aromatic rings. The summed E-state index contributed by atoms with van der Waals surface area (Å²) in [7, 11) is 0. The number of carbonyl (C=O) groups is 1. The van der Waals surface area contributed by atoms with Crippen LogP contribution in [0.3, 0.4) is 0 Å². The SMILES string of the molecule is C[C@H]1CC[C@@H](C(=O)N2CCC3(CC2)OCCc2cnc(-c4ccccc4)nc23)N1. The number of hydrogen-bond acceptors (Lipinski definition) is 5.